The largest absolute Gasteiger partial charge is 0.370 e. The van der Waals surface area contributed by atoms with E-state index in [1.807, 2.05) is 6.07 Å². The van der Waals surface area contributed by atoms with E-state index >= 15 is 0 Å². The van der Waals surface area contributed by atoms with Crippen molar-refractivity contribution in [3.05, 3.63) is 35.1 Å². The summed E-state index contributed by atoms with van der Waals surface area (Å²) in [6.07, 6.45) is 1.88. The van der Waals surface area contributed by atoms with E-state index in [0.29, 0.717) is 6.42 Å². The van der Waals surface area contributed by atoms with Gasteiger partial charge in [0, 0.05) is 6.42 Å². The van der Waals surface area contributed by atoms with Crippen LogP contribution < -0.4 is 5.73 Å². The van der Waals surface area contributed by atoms with E-state index in [-0.39, 0.29) is 17.6 Å². The molecule has 0 bridgehead atoms. The Morgan fingerprint density at radius 1 is 1.57 bits per heavy atom. The molecule has 2 nitrogen and oxygen atoms in total. The lowest BCUT2D eigenvalue weighted by Gasteiger charge is -2.08. The molecule has 0 radical (unpaired) electrons. The third-order valence-electron chi connectivity index (χ3n) is 2.79. The molecule has 2 N–H and O–H groups in total. The highest BCUT2D eigenvalue weighted by Crippen LogP contribution is 2.36. The van der Waals surface area contributed by atoms with Gasteiger partial charge in [0.15, 0.2) is 0 Å². The Morgan fingerprint density at radius 2 is 2.36 bits per heavy atom. The maximum atomic E-state index is 13.3. The number of fused-ring (bicyclic) bond motifs is 1. The second kappa shape index (κ2) is 3.40. The van der Waals surface area contributed by atoms with Crippen molar-refractivity contribution in [2.24, 2.45) is 5.73 Å². The molecule has 0 saturated carbocycles. The molecule has 14 heavy (non-hydrogen) atoms. The number of halogens is 1. The molecule has 1 amide bonds. The third kappa shape index (κ3) is 1.50. The number of hydrogen-bond donors (Lipinski definition) is 1. The van der Waals surface area contributed by atoms with Crippen molar-refractivity contribution < 1.29 is 9.18 Å². The fraction of sp³-hybridized carbons (Fsp3) is 0.364. The van der Waals surface area contributed by atoms with Gasteiger partial charge in [-0.1, -0.05) is 12.1 Å². The van der Waals surface area contributed by atoms with Crippen molar-refractivity contribution in [2.45, 2.75) is 25.2 Å². The van der Waals surface area contributed by atoms with E-state index in [1.165, 1.54) is 6.07 Å². The Bertz CT molecular complexity index is 376. The first-order chi connectivity index (χ1) is 6.68. The minimum absolute atomic E-state index is 0.123. The molecule has 0 heterocycles. The molecule has 1 aromatic rings. The zero-order chi connectivity index (χ0) is 10.1. The fourth-order valence-electron chi connectivity index (χ4n) is 2.15. The van der Waals surface area contributed by atoms with Gasteiger partial charge in [-0.3, -0.25) is 4.79 Å². The summed E-state index contributed by atoms with van der Waals surface area (Å²) in [5.74, 6) is -0.347. The summed E-state index contributed by atoms with van der Waals surface area (Å²) in [6, 6.07) is 5.04. The van der Waals surface area contributed by atoms with Crippen LogP contribution in [0, 0.1) is 5.82 Å². The van der Waals surface area contributed by atoms with E-state index in [1.54, 1.807) is 6.07 Å². The van der Waals surface area contributed by atoms with Gasteiger partial charge in [0.2, 0.25) is 5.91 Å². The van der Waals surface area contributed by atoms with Crippen LogP contribution >= 0.6 is 0 Å². The minimum atomic E-state index is -0.313. The van der Waals surface area contributed by atoms with Gasteiger partial charge in [-0.05, 0) is 36.0 Å². The average Bonchev–Trinajstić information content (AvgIpc) is 2.49. The van der Waals surface area contributed by atoms with Crippen LogP contribution in [0.4, 0.5) is 4.39 Å². The van der Waals surface area contributed by atoms with Crippen LogP contribution in [0.3, 0.4) is 0 Å². The zero-order valence-corrected chi connectivity index (χ0v) is 7.79. The minimum Gasteiger partial charge on any atom is -0.370 e. The average molecular weight is 193 g/mol. The van der Waals surface area contributed by atoms with Gasteiger partial charge in [0.25, 0.3) is 0 Å². The molecule has 1 aliphatic carbocycles. The summed E-state index contributed by atoms with van der Waals surface area (Å²) in [6.45, 7) is 0. The highest BCUT2D eigenvalue weighted by atomic mass is 19.1. The van der Waals surface area contributed by atoms with Crippen molar-refractivity contribution in [3.8, 4) is 0 Å². The number of amides is 1. The van der Waals surface area contributed by atoms with E-state index in [4.69, 9.17) is 5.73 Å². The predicted octanol–water partition coefficient (Wildman–Crippen LogP) is 1.73. The fourth-order valence-corrected chi connectivity index (χ4v) is 2.15. The summed E-state index contributed by atoms with van der Waals surface area (Å²) in [7, 11) is 0. The van der Waals surface area contributed by atoms with Crippen LogP contribution in [0.5, 0.6) is 0 Å². The summed E-state index contributed by atoms with van der Waals surface area (Å²) in [4.78, 5) is 10.8. The van der Waals surface area contributed by atoms with Crippen molar-refractivity contribution in [2.75, 3.05) is 0 Å². The molecular formula is C11H12FNO. The van der Waals surface area contributed by atoms with Crippen molar-refractivity contribution >= 4 is 5.91 Å². The summed E-state index contributed by atoms with van der Waals surface area (Å²) < 4.78 is 13.3. The molecule has 0 spiro atoms. The summed E-state index contributed by atoms with van der Waals surface area (Å²) in [5, 5.41) is 0. The van der Waals surface area contributed by atoms with E-state index in [2.05, 4.69) is 0 Å². The first-order valence-electron chi connectivity index (χ1n) is 4.74. The Morgan fingerprint density at radius 3 is 3.07 bits per heavy atom. The number of carbonyl (C=O) groups excluding carboxylic acids is 1. The maximum Gasteiger partial charge on any atom is 0.218 e. The number of primary amides is 1. The number of benzene rings is 1. The van der Waals surface area contributed by atoms with Gasteiger partial charge < -0.3 is 5.73 Å². The highest BCUT2D eigenvalue weighted by molar-refractivity contribution is 5.75. The van der Waals surface area contributed by atoms with Gasteiger partial charge >= 0.3 is 0 Å². The molecule has 0 aliphatic heterocycles. The molecule has 74 valence electrons. The normalized spacial score (nSPS) is 19.4. The molecule has 1 atom stereocenters. The molecule has 1 aromatic carbocycles. The van der Waals surface area contributed by atoms with Crippen LogP contribution in [0.25, 0.3) is 0 Å². The second-order valence-corrected chi connectivity index (χ2v) is 3.71. The molecule has 0 fully saturated rings. The van der Waals surface area contributed by atoms with E-state index in [9.17, 15) is 9.18 Å². The summed E-state index contributed by atoms with van der Waals surface area (Å²) >= 11 is 0. The smallest absolute Gasteiger partial charge is 0.218 e. The Hall–Kier alpha value is -1.38. The van der Waals surface area contributed by atoms with Crippen LogP contribution in [0.1, 0.15) is 29.9 Å². The van der Waals surface area contributed by atoms with E-state index in [0.717, 1.165) is 24.0 Å². The van der Waals surface area contributed by atoms with Gasteiger partial charge in [-0.15, -0.1) is 0 Å². The molecule has 3 heteroatoms. The predicted molar refractivity (Wildman–Crippen MR) is 51.3 cm³/mol. The first-order valence-corrected chi connectivity index (χ1v) is 4.74. The molecular weight excluding hydrogens is 181 g/mol. The highest BCUT2D eigenvalue weighted by Gasteiger charge is 2.25. The summed E-state index contributed by atoms with van der Waals surface area (Å²) in [5.41, 5.74) is 6.86. The van der Waals surface area contributed by atoms with Gasteiger partial charge in [0.1, 0.15) is 5.82 Å². The van der Waals surface area contributed by atoms with Gasteiger partial charge in [0.05, 0.1) is 0 Å². The van der Waals surface area contributed by atoms with Crippen molar-refractivity contribution in [1.82, 2.24) is 0 Å². The second-order valence-electron chi connectivity index (χ2n) is 3.71. The SMILES string of the molecule is NC(=O)CC1CCc2c(F)cccc21. The molecule has 1 aliphatic rings. The standard InChI is InChI=1S/C11H12FNO/c12-10-3-1-2-8-7(6-11(13)14)4-5-9(8)10/h1-3,7H,4-6H2,(H2,13,14). The van der Waals surface area contributed by atoms with Crippen molar-refractivity contribution in [3.63, 3.8) is 0 Å². The Kier molecular flexibility index (Phi) is 2.23. The molecule has 0 saturated heterocycles. The topological polar surface area (TPSA) is 43.1 Å². The van der Waals surface area contributed by atoms with Gasteiger partial charge in [-0.2, -0.15) is 0 Å². The Labute approximate surface area is 81.9 Å². The zero-order valence-electron chi connectivity index (χ0n) is 7.79. The quantitative estimate of drug-likeness (QED) is 0.763. The Balaban J connectivity index is 2.30. The lowest BCUT2D eigenvalue weighted by atomic mass is 9.97. The molecule has 2 rings (SSSR count). The number of nitrogens with two attached hydrogens (primary N) is 1. The third-order valence-corrected chi connectivity index (χ3v) is 2.79. The molecule has 0 aromatic heterocycles. The number of hydrogen-bond acceptors (Lipinski definition) is 1. The maximum absolute atomic E-state index is 13.3. The van der Waals surface area contributed by atoms with Gasteiger partial charge in [-0.25, -0.2) is 4.39 Å². The van der Waals surface area contributed by atoms with E-state index < -0.39 is 0 Å². The van der Waals surface area contributed by atoms with Crippen LogP contribution in [-0.2, 0) is 11.2 Å². The monoisotopic (exact) mass is 193 g/mol. The van der Waals surface area contributed by atoms with Crippen molar-refractivity contribution in [1.29, 1.82) is 0 Å². The first kappa shape index (κ1) is 9.19. The van der Waals surface area contributed by atoms with Crippen LogP contribution in [0.2, 0.25) is 0 Å². The number of rotatable bonds is 2. The van der Waals surface area contributed by atoms with Crippen LogP contribution in [0.15, 0.2) is 18.2 Å². The lowest BCUT2D eigenvalue weighted by Crippen LogP contribution is -2.13. The van der Waals surface area contributed by atoms with Crippen LogP contribution in [-0.4, -0.2) is 5.91 Å². The lowest BCUT2D eigenvalue weighted by molar-refractivity contribution is -0.118. The molecule has 1 unspecified atom stereocenters. The number of carbonyl (C=O) groups is 1.